The van der Waals surface area contributed by atoms with Crippen LogP contribution in [0.2, 0.25) is 0 Å². The van der Waals surface area contributed by atoms with Gasteiger partial charge in [-0.15, -0.1) is 0 Å². The van der Waals surface area contributed by atoms with E-state index in [1.54, 1.807) is 12.3 Å². The van der Waals surface area contributed by atoms with E-state index >= 15 is 0 Å². The Morgan fingerprint density at radius 2 is 2.31 bits per heavy atom. The fraction of sp³-hybridized carbons (Fsp3) is 0.583. The van der Waals surface area contributed by atoms with Crippen molar-refractivity contribution in [3.8, 4) is 0 Å². The number of halogens is 1. The zero-order chi connectivity index (χ0) is 11.5. The van der Waals surface area contributed by atoms with Gasteiger partial charge in [0.15, 0.2) is 0 Å². The number of nitrogens with zero attached hydrogens (tertiary/aromatic N) is 2. The molecule has 0 aliphatic carbocycles. The minimum atomic E-state index is -0.424. The van der Waals surface area contributed by atoms with Crippen molar-refractivity contribution in [3.63, 3.8) is 0 Å². The van der Waals surface area contributed by atoms with Crippen LogP contribution in [-0.4, -0.2) is 35.2 Å². The Hall–Kier alpha value is -1.00. The Bertz CT molecular complexity index is 341. The average Bonchev–Trinajstić information content (AvgIpc) is 2.27. The van der Waals surface area contributed by atoms with E-state index in [0.717, 1.165) is 25.3 Å². The normalized spacial score (nSPS) is 26.9. The molecule has 0 spiro atoms. The lowest BCUT2D eigenvalue weighted by atomic mass is 10.1. The monoisotopic (exact) mass is 224 g/mol. The highest BCUT2D eigenvalue weighted by Gasteiger charge is 2.23. The van der Waals surface area contributed by atoms with Crippen LogP contribution in [0.1, 0.15) is 19.4 Å². The third-order valence-electron chi connectivity index (χ3n) is 2.91. The highest BCUT2D eigenvalue weighted by molar-refractivity contribution is 5.09. The van der Waals surface area contributed by atoms with Crippen LogP contribution in [-0.2, 0) is 11.3 Å². The van der Waals surface area contributed by atoms with Gasteiger partial charge in [0, 0.05) is 25.3 Å². The second-order valence-electron chi connectivity index (χ2n) is 4.41. The first-order chi connectivity index (χ1) is 7.65. The summed E-state index contributed by atoms with van der Waals surface area (Å²) in [7, 11) is 0. The highest BCUT2D eigenvalue weighted by atomic mass is 19.1. The predicted molar refractivity (Wildman–Crippen MR) is 59.5 cm³/mol. The molecule has 0 N–H and O–H groups in total. The smallest absolute Gasteiger partial charge is 0.212 e. The molecule has 1 aliphatic rings. The molecule has 0 amide bonds. The Kier molecular flexibility index (Phi) is 3.51. The van der Waals surface area contributed by atoms with Crippen molar-refractivity contribution in [2.24, 2.45) is 0 Å². The van der Waals surface area contributed by atoms with Crippen LogP contribution < -0.4 is 0 Å². The third-order valence-corrected chi connectivity index (χ3v) is 2.91. The van der Waals surface area contributed by atoms with Crippen LogP contribution in [0.5, 0.6) is 0 Å². The number of morpholine rings is 1. The SMILES string of the molecule is CC1CN(Cc2ccc(F)nc2)C(C)CO1. The summed E-state index contributed by atoms with van der Waals surface area (Å²) in [5.41, 5.74) is 1.04. The van der Waals surface area contributed by atoms with Crippen molar-refractivity contribution in [3.05, 3.63) is 29.8 Å². The zero-order valence-corrected chi connectivity index (χ0v) is 9.69. The summed E-state index contributed by atoms with van der Waals surface area (Å²) in [5, 5.41) is 0. The molecule has 0 radical (unpaired) electrons. The second kappa shape index (κ2) is 4.89. The number of ether oxygens (including phenoxy) is 1. The number of pyridine rings is 1. The molecule has 0 saturated carbocycles. The van der Waals surface area contributed by atoms with Gasteiger partial charge in [0.1, 0.15) is 0 Å². The van der Waals surface area contributed by atoms with Crippen LogP contribution in [0.15, 0.2) is 18.3 Å². The van der Waals surface area contributed by atoms with Crippen LogP contribution in [0.4, 0.5) is 4.39 Å². The molecule has 1 saturated heterocycles. The minimum Gasteiger partial charge on any atom is -0.376 e. The second-order valence-corrected chi connectivity index (χ2v) is 4.41. The minimum absolute atomic E-state index is 0.268. The molecule has 1 aliphatic heterocycles. The van der Waals surface area contributed by atoms with E-state index in [-0.39, 0.29) is 6.10 Å². The lowest BCUT2D eigenvalue weighted by molar-refractivity contribution is -0.0527. The predicted octanol–water partition coefficient (Wildman–Crippen LogP) is 1.83. The maximum absolute atomic E-state index is 12.7. The number of hydrogen-bond donors (Lipinski definition) is 0. The van der Waals surface area contributed by atoms with Gasteiger partial charge in [-0.25, -0.2) is 4.98 Å². The molecule has 1 aromatic rings. The molecular weight excluding hydrogens is 207 g/mol. The summed E-state index contributed by atoms with van der Waals surface area (Å²) in [4.78, 5) is 6.00. The molecule has 1 fully saturated rings. The maximum atomic E-state index is 12.7. The third kappa shape index (κ3) is 2.77. The summed E-state index contributed by atoms with van der Waals surface area (Å²) in [5.74, 6) is -0.424. The largest absolute Gasteiger partial charge is 0.376 e. The van der Waals surface area contributed by atoms with Gasteiger partial charge >= 0.3 is 0 Å². The lowest BCUT2D eigenvalue weighted by Crippen LogP contribution is -2.46. The Labute approximate surface area is 95.2 Å². The number of rotatable bonds is 2. The fourth-order valence-electron chi connectivity index (χ4n) is 1.93. The van der Waals surface area contributed by atoms with Crippen LogP contribution in [0.25, 0.3) is 0 Å². The van der Waals surface area contributed by atoms with E-state index in [4.69, 9.17) is 4.74 Å². The molecule has 2 heterocycles. The van der Waals surface area contributed by atoms with E-state index in [1.807, 2.05) is 0 Å². The van der Waals surface area contributed by atoms with Gasteiger partial charge < -0.3 is 4.74 Å². The van der Waals surface area contributed by atoms with E-state index in [1.165, 1.54) is 6.07 Å². The van der Waals surface area contributed by atoms with Gasteiger partial charge in [-0.3, -0.25) is 4.90 Å². The Morgan fingerprint density at radius 1 is 1.50 bits per heavy atom. The highest BCUT2D eigenvalue weighted by Crippen LogP contribution is 2.14. The molecule has 3 nitrogen and oxygen atoms in total. The standard InChI is InChI=1S/C12H17FN2O/c1-9-8-16-10(2)6-15(9)7-11-3-4-12(13)14-5-11/h3-5,9-10H,6-8H2,1-2H3. The van der Waals surface area contributed by atoms with E-state index in [2.05, 4.69) is 23.7 Å². The number of hydrogen-bond acceptors (Lipinski definition) is 3. The van der Waals surface area contributed by atoms with Crippen LogP contribution >= 0.6 is 0 Å². The molecule has 4 heteroatoms. The fourth-order valence-corrected chi connectivity index (χ4v) is 1.93. The molecule has 16 heavy (non-hydrogen) atoms. The molecule has 2 rings (SSSR count). The summed E-state index contributed by atoms with van der Waals surface area (Å²) >= 11 is 0. The molecular formula is C12H17FN2O. The summed E-state index contributed by atoms with van der Waals surface area (Å²) < 4.78 is 18.2. The van der Waals surface area contributed by atoms with Gasteiger partial charge in [-0.1, -0.05) is 6.07 Å². The van der Waals surface area contributed by atoms with Crippen molar-refractivity contribution in [2.75, 3.05) is 13.2 Å². The first kappa shape index (κ1) is 11.5. The van der Waals surface area contributed by atoms with Crippen LogP contribution in [0.3, 0.4) is 0 Å². The first-order valence-corrected chi connectivity index (χ1v) is 5.61. The van der Waals surface area contributed by atoms with Crippen molar-refractivity contribution < 1.29 is 9.13 Å². The lowest BCUT2D eigenvalue weighted by Gasteiger charge is -2.36. The van der Waals surface area contributed by atoms with E-state index in [9.17, 15) is 4.39 Å². The zero-order valence-electron chi connectivity index (χ0n) is 9.69. The first-order valence-electron chi connectivity index (χ1n) is 5.61. The van der Waals surface area contributed by atoms with Gasteiger partial charge in [0.05, 0.1) is 12.7 Å². The molecule has 1 aromatic heterocycles. The molecule has 0 aromatic carbocycles. The molecule has 0 bridgehead atoms. The van der Waals surface area contributed by atoms with E-state index < -0.39 is 5.95 Å². The molecule has 2 atom stereocenters. The Morgan fingerprint density at radius 3 is 3.00 bits per heavy atom. The van der Waals surface area contributed by atoms with Crippen molar-refractivity contribution in [2.45, 2.75) is 32.5 Å². The van der Waals surface area contributed by atoms with Crippen LogP contribution in [0, 0.1) is 5.95 Å². The summed E-state index contributed by atoms with van der Waals surface area (Å²) in [6, 6.07) is 3.60. The van der Waals surface area contributed by atoms with Gasteiger partial charge in [0.2, 0.25) is 5.95 Å². The van der Waals surface area contributed by atoms with Crippen molar-refractivity contribution >= 4 is 0 Å². The topological polar surface area (TPSA) is 25.4 Å². The van der Waals surface area contributed by atoms with Crippen molar-refractivity contribution in [1.29, 1.82) is 0 Å². The van der Waals surface area contributed by atoms with Crippen molar-refractivity contribution in [1.82, 2.24) is 9.88 Å². The maximum Gasteiger partial charge on any atom is 0.212 e. The average molecular weight is 224 g/mol. The number of aromatic nitrogens is 1. The Balaban J connectivity index is 2.00. The van der Waals surface area contributed by atoms with Gasteiger partial charge in [-0.05, 0) is 25.5 Å². The van der Waals surface area contributed by atoms with Gasteiger partial charge in [-0.2, -0.15) is 4.39 Å². The summed E-state index contributed by atoms with van der Waals surface area (Å²) in [6.45, 7) is 6.70. The quantitative estimate of drug-likeness (QED) is 0.717. The van der Waals surface area contributed by atoms with E-state index in [0.29, 0.717) is 6.04 Å². The molecule has 2 unspecified atom stereocenters. The molecule has 88 valence electrons. The van der Waals surface area contributed by atoms with Gasteiger partial charge in [0.25, 0.3) is 0 Å². The summed E-state index contributed by atoms with van der Waals surface area (Å²) in [6.07, 6.45) is 1.87.